The maximum Gasteiger partial charge on any atom is 0.421 e. The van der Waals surface area contributed by atoms with Crippen molar-refractivity contribution in [2.75, 3.05) is 42.3 Å². The highest BCUT2D eigenvalue weighted by Crippen LogP contribution is 2.34. The van der Waals surface area contributed by atoms with Crippen LogP contribution in [0.5, 0.6) is 0 Å². The minimum Gasteiger partial charge on any atom is -0.362 e. The molecule has 4 rings (SSSR count). The molecule has 0 aliphatic carbocycles. The van der Waals surface area contributed by atoms with Gasteiger partial charge in [-0.1, -0.05) is 0 Å². The standard InChI is InChI=1S/C20H21F3N8O3S/c1-30(35(2,33)34)31-7-3-6-24-16(31)11-25-18-14(20(21,22)23)10-26-19(29-18)27-13-4-5-15-12(8-13)9-17(32)28-15/h3-6,8,10H,7,9,11H2,1-2H3,(H,28,32)(H2,25,26,27,29). The fourth-order valence-electron chi connectivity index (χ4n) is 3.43. The number of carbonyl (C=O) groups is 1. The first-order chi connectivity index (χ1) is 16.4. The van der Waals surface area contributed by atoms with Crippen molar-refractivity contribution in [3.63, 3.8) is 0 Å². The Morgan fingerprint density at radius 3 is 2.77 bits per heavy atom. The number of carbonyl (C=O) groups excluding carboxylic acids is 1. The zero-order valence-electron chi connectivity index (χ0n) is 18.6. The van der Waals surface area contributed by atoms with Crippen LogP contribution in [0.25, 0.3) is 0 Å². The Balaban J connectivity index is 1.57. The lowest BCUT2D eigenvalue weighted by atomic mass is 10.1. The number of sulfonamides is 1. The third kappa shape index (κ3) is 5.51. The van der Waals surface area contributed by atoms with Crippen LogP contribution in [-0.4, -0.2) is 65.9 Å². The van der Waals surface area contributed by atoms with E-state index >= 15 is 0 Å². The Hall–Kier alpha value is -3.72. The molecule has 35 heavy (non-hydrogen) atoms. The van der Waals surface area contributed by atoms with Gasteiger partial charge in [0.15, 0.2) is 0 Å². The lowest BCUT2D eigenvalue weighted by Crippen LogP contribution is -2.49. The van der Waals surface area contributed by atoms with Gasteiger partial charge in [0.05, 0.1) is 25.8 Å². The van der Waals surface area contributed by atoms with Gasteiger partial charge in [-0.2, -0.15) is 18.2 Å². The summed E-state index contributed by atoms with van der Waals surface area (Å²) in [4.78, 5) is 23.4. The van der Waals surface area contributed by atoms with E-state index in [1.54, 1.807) is 24.3 Å². The minimum absolute atomic E-state index is 0.103. The molecule has 0 bridgehead atoms. The number of nitrogens with one attached hydrogen (secondary N) is 3. The molecular weight excluding hydrogens is 489 g/mol. The summed E-state index contributed by atoms with van der Waals surface area (Å²) in [6, 6.07) is 5.00. The van der Waals surface area contributed by atoms with Crippen molar-refractivity contribution in [1.29, 1.82) is 0 Å². The van der Waals surface area contributed by atoms with Crippen LogP contribution in [0.15, 0.2) is 41.7 Å². The van der Waals surface area contributed by atoms with Gasteiger partial charge in [-0.3, -0.25) is 9.80 Å². The number of rotatable bonds is 7. The van der Waals surface area contributed by atoms with Crippen molar-refractivity contribution < 1.29 is 26.4 Å². The van der Waals surface area contributed by atoms with Crippen molar-refractivity contribution in [3.05, 3.63) is 47.8 Å². The number of aromatic nitrogens is 2. The number of hydrogen-bond donors (Lipinski definition) is 3. The van der Waals surface area contributed by atoms with Crippen molar-refractivity contribution in [2.24, 2.45) is 4.99 Å². The second-order valence-corrected chi connectivity index (χ2v) is 9.73. The molecule has 0 radical (unpaired) electrons. The summed E-state index contributed by atoms with van der Waals surface area (Å²) in [5.74, 6) is -0.580. The molecule has 0 saturated heterocycles. The molecule has 1 amide bonds. The summed E-state index contributed by atoms with van der Waals surface area (Å²) in [5, 5.41) is 9.46. The van der Waals surface area contributed by atoms with Crippen LogP contribution in [0.3, 0.4) is 0 Å². The molecule has 0 atom stereocenters. The summed E-state index contributed by atoms with van der Waals surface area (Å²) < 4.78 is 65.6. The van der Waals surface area contributed by atoms with Gasteiger partial charge in [-0.15, -0.1) is 4.41 Å². The average molecular weight is 511 g/mol. The molecule has 2 aromatic rings. The summed E-state index contributed by atoms with van der Waals surface area (Å²) in [6.45, 7) is -0.0706. The fourth-order valence-corrected chi connectivity index (χ4v) is 3.95. The Morgan fingerprint density at radius 1 is 1.29 bits per heavy atom. The third-order valence-electron chi connectivity index (χ3n) is 5.22. The quantitative estimate of drug-likeness (QED) is 0.517. The smallest absolute Gasteiger partial charge is 0.362 e. The highest BCUT2D eigenvalue weighted by molar-refractivity contribution is 7.88. The molecule has 3 N–H and O–H groups in total. The number of amides is 1. The largest absolute Gasteiger partial charge is 0.421 e. The highest BCUT2D eigenvalue weighted by atomic mass is 32.2. The van der Waals surface area contributed by atoms with Crippen molar-refractivity contribution in [2.45, 2.75) is 12.6 Å². The first-order valence-corrected chi connectivity index (χ1v) is 12.1. The minimum atomic E-state index is -4.74. The normalized spacial score (nSPS) is 15.7. The number of fused-ring (bicyclic) bond motifs is 1. The van der Waals surface area contributed by atoms with E-state index in [2.05, 4.69) is 30.9 Å². The lowest BCUT2D eigenvalue weighted by molar-refractivity contribution is -0.137. The van der Waals surface area contributed by atoms with E-state index in [9.17, 15) is 26.4 Å². The monoisotopic (exact) mass is 510 g/mol. The number of alkyl halides is 3. The van der Waals surface area contributed by atoms with Crippen molar-refractivity contribution >= 4 is 44.9 Å². The van der Waals surface area contributed by atoms with E-state index in [-0.39, 0.29) is 37.2 Å². The van der Waals surface area contributed by atoms with Crippen LogP contribution in [0.1, 0.15) is 11.1 Å². The molecular formula is C20H21F3N8O3S. The van der Waals surface area contributed by atoms with Crippen molar-refractivity contribution in [3.8, 4) is 0 Å². The summed E-state index contributed by atoms with van der Waals surface area (Å²) in [5.41, 5.74) is 0.807. The molecule has 0 unspecified atom stereocenters. The molecule has 15 heteroatoms. The first-order valence-electron chi connectivity index (χ1n) is 10.2. The van der Waals surface area contributed by atoms with Crippen LogP contribution >= 0.6 is 0 Å². The van der Waals surface area contributed by atoms with Crippen LogP contribution in [0, 0.1) is 0 Å². The Bertz CT molecular complexity index is 1330. The van der Waals surface area contributed by atoms with Gasteiger partial charge in [0.25, 0.3) is 0 Å². The van der Waals surface area contributed by atoms with Crippen molar-refractivity contribution in [1.82, 2.24) is 19.4 Å². The van der Waals surface area contributed by atoms with Gasteiger partial charge < -0.3 is 16.0 Å². The topological polar surface area (TPSA) is 132 Å². The molecule has 0 saturated carbocycles. The SMILES string of the molecule is CN(N1CC=CN=C1CNc1nc(Nc2ccc3c(c2)CC(=O)N3)ncc1C(F)(F)F)S(C)(=O)=O. The van der Waals surface area contributed by atoms with E-state index in [4.69, 9.17) is 0 Å². The fraction of sp³-hybridized carbons (Fsp3) is 0.300. The molecule has 2 aliphatic rings. The average Bonchev–Trinajstić information content (AvgIpc) is 3.15. The molecule has 2 aliphatic heterocycles. The van der Waals surface area contributed by atoms with Gasteiger partial charge in [0.1, 0.15) is 17.2 Å². The molecule has 11 nitrogen and oxygen atoms in total. The number of halogens is 3. The van der Waals surface area contributed by atoms with E-state index < -0.39 is 27.6 Å². The Morgan fingerprint density at radius 2 is 2.06 bits per heavy atom. The third-order valence-corrected chi connectivity index (χ3v) is 6.38. The van der Waals surface area contributed by atoms with Gasteiger partial charge >= 0.3 is 6.18 Å². The van der Waals surface area contributed by atoms with E-state index in [1.807, 2.05) is 0 Å². The van der Waals surface area contributed by atoms with E-state index in [1.165, 1.54) is 18.3 Å². The maximum absolute atomic E-state index is 13.6. The zero-order chi connectivity index (χ0) is 25.4. The van der Waals surface area contributed by atoms with E-state index in [0.717, 1.165) is 16.2 Å². The van der Waals surface area contributed by atoms with Crippen LogP contribution in [-0.2, 0) is 27.4 Å². The number of anilines is 4. The summed E-state index contributed by atoms with van der Waals surface area (Å²) in [7, 11) is -2.31. The zero-order valence-corrected chi connectivity index (χ0v) is 19.4. The lowest BCUT2D eigenvalue weighted by Gasteiger charge is -2.33. The Kier molecular flexibility index (Phi) is 6.38. The predicted octanol–water partition coefficient (Wildman–Crippen LogP) is 2.18. The maximum atomic E-state index is 13.6. The van der Waals surface area contributed by atoms with Crippen LogP contribution in [0.2, 0.25) is 0 Å². The molecule has 0 fully saturated rings. The number of amidine groups is 1. The van der Waals surface area contributed by atoms with Crippen LogP contribution in [0.4, 0.5) is 36.3 Å². The molecule has 0 spiro atoms. The van der Waals surface area contributed by atoms with Gasteiger partial charge in [-0.05, 0) is 29.8 Å². The van der Waals surface area contributed by atoms with Gasteiger partial charge in [0, 0.05) is 30.8 Å². The second kappa shape index (κ2) is 9.14. The summed E-state index contributed by atoms with van der Waals surface area (Å²) >= 11 is 0. The Labute approximate surface area is 198 Å². The number of nitrogens with zero attached hydrogens (tertiary/aromatic N) is 5. The number of hydrogen-bond acceptors (Lipinski definition) is 9. The number of aliphatic imine (C=N–C) groups is 1. The van der Waals surface area contributed by atoms with Gasteiger partial charge in [-0.25, -0.2) is 18.4 Å². The number of benzene rings is 1. The molecule has 1 aromatic heterocycles. The molecule has 186 valence electrons. The molecule has 1 aromatic carbocycles. The number of hydrazine groups is 1. The summed E-state index contributed by atoms with van der Waals surface area (Å²) in [6.07, 6.45) is 0.163. The van der Waals surface area contributed by atoms with E-state index in [0.29, 0.717) is 17.6 Å². The van der Waals surface area contributed by atoms with Crippen LogP contribution < -0.4 is 16.0 Å². The molecule has 3 heterocycles. The van der Waals surface area contributed by atoms with Gasteiger partial charge in [0.2, 0.25) is 21.9 Å². The predicted molar refractivity (Wildman–Crippen MR) is 123 cm³/mol. The first kappa shape index (κ1) is 24.4. The highest BCUT2D eigenvalue weighted by Gasteiger charge is 2.35. The second-order valence-electron chi connectivity index (χ2n) is 7.74.